The Morgan fingerprint density at radius 1 is 1.39 bits per heavy atom. The molecule has 0 saturated carbocycles. The molecular weight excluding hydrogens is 246 g/mol. The van der Waals surface area contributed by atoms with Gasteiger partial charge in [0.25, 0.3) is 0 Å². The van der Waals surface area contributed by atoms with Crippen LogP contribution in [0.15, 0.2) is 0 Å². The fourth-order valence-corrected chi connectivity index (χ4v) is 2.00. The Morgan fingerprint density at radius 2 is 2.17 bits per heavy atom. The Hall–Kier alpha value is -0.320. The average molecular weight is 265 g/mol. The van der Waals surface area contributed by atoms with Crippen molar-refractivity contribution in [1.29, 1.82) is 0 Å². The lowest BCUT2D eigenvalue weighted by atomic mass is 10.1. The predicted molar refractivity (Wildman–Crippen MR) is 57.5 cm³/mol. The van der Waals surface area contributed by atoms with Gasteiger partial charge in [0.15, 0.2) is 6.29 Å². The number of rotatable bonds is 4. The van der Waals surface area contributed by atoms with E-state index in [9.17, 15) is 15.3 Å². The van der Waals surface area contributed by atoms with E-state index in [1.54, 1.807) is 0 Å². The Balaban J connectivity index is 1.87. The number of hydrogen-bond acceptors (Lipinski definition) is 8. The molecule has 2 aliphatic rings. The first kappa shape index (κ1) is 14.1. The second-order valence-corrected chi connectivity index (χ2v) is 4.43. The number of aliphatic hydroxyl groups is 4. The maximum Gasteiger partial charge on any atom is 0.219 e. The predicted octanol–water partition coefficient (Wildman–Crippen LogP) is -3.25. The van der Waals surface area contributed by atoms with Crippen molar-refractivity contribution in [3.63, 3.8) is 0 Å². The average Bonchev–Trinajstić information content (AvgIpc) is 2.63. The van der Waals surface area contributed by atoms with Gasteiger partial charge in [-0.15, -0.1) is 0 Å². The Kier molecular flexibility index (Phi) is 4.51. The van der Waals surface area contributed by atoms with Crippen LogP contribution in [0.3, 0.4) is 0 Å². The van der Waals surface area contributed by atoms with Crippen LogP contribution in [0.25, 0.3) is 0 Å². The van der Waals surface area contributed by atoms with Crippen LogP contribution in [-0.2, 0) is 14.2 Å². The first-order valence-electron chi connectivity index (χ1n) is 5.88. The summed E-state index contributed by atoms with van der Waals surface area (Å²) < 4.78 is 15.5. The highest BCUT2D eigenvalue weighted by atomic mass is 16.7. The van der Waals surface area contributed by atoms with E-state index in [0.29, 0.717) is 13.2 Å². The highest BCUT2D eigenvalue weighted by Gasteiger charge is 2.53. The largest absolute Gasteiger partial charge is 0.394 e. The molecule has 8 nitrogen and oxygen atoms in total. The minimum Gasteiger partial charge on any atom is -0.394 e. The Bertz CT molecular complexity index is 273. The van der Waals surface area contributed by atoms with E-state index in [1.807, 2.05) is 0 Å². The Labute approximate surface area is 104 Å². The van der Waals surface area contributed by atoms with Crippen LogP contribution in [0.4, 0.5) is 0 Å². The zero-order chi connectivity index (χ0) is 13.2. The molecule has 2 aliphatic heterocycles. The molecule has 18 heavy (non-hydrogen) atoms. The lowest BCUT2D eigenvalue weighted by molar-refractivity contribution is -0.281. The van der Waals surface area contributed by atoms with Crippen molar-refractivity contribution in [1.82, 2.24) is 5.32 Å². The Morgan fingerprint density at radius 3 is 2.72 bits per heavy atom. The molecule has 0 amide bonds. The zero-order valence-electron chi connectivity index (χ0n) is 9.86. The van der Waals surface area contributed by atoms with Gasteiger partial charge in [-0.25, -0.2) is 0 Å². The van der Waals surface area contributed by atoms with E-state index in [1.165, 1.54) is 0 Å². The van der Waals surface area contributed by atoms with Crippen LogP contribution in [0.1, 0.15) is 0 Å². The van der Waals surface area contributed by atoms with Crippen molar-refractivity contribution in [2.75, 3.05) is 32.9 Å². The van der Waals surface area contributed by atoms with Crippen LogP contribution in [0, 0.1) is 0 Å². The van der Waals surface area contributed by atoms with Gasteiger partial charge in [0.1, 0.15) is 24.9 Å². The lowest BCUT2D eigenvalue weighted by Crippen LogP contribution is -2.49. The van der Waals surface area contributed by atoms with Gasteiger partial charge in [0.05, 0.1) is 13.2 Å². The highest BCUT2D eigenvalue weighted by Crippen LogP contribution is 2.29. The smallest absolute Gasteiger partial charge is 0.219 e. The zero-order valence-corrected chi connectivity index (χ0v) is 9.86. The van der Waals surface area contributed by atoms with Crippen molar-refractivity contribution in [2.24, 2.45) is 0 Å². The number of aliphatic hydroxyl groups excluding tert-OH is 3. The second-order valence-electron chi connectivity index (χ2n) is 4.43. The summed E-state index contributed by atoms with van der Waals surface area (Å²) >= 11 is 0. The maximum absolute atomic E-state index is 10.0. The van der Waals surface area contributed by atoms with Crippen molar-refractivity contribution in [2.45, 2.75) is 30.4 Å². The normalized spacial score (nSPS) is 45.3. The van der Waals surface area contributed by atoms with Crippen LogP contribution in [0.2, 0.25) is 0 Å². The van der Waals surface area contributed by atoms with Crippen molar-refractivity contribution < 1.29 is 34.6 Å². The SMILES string of the molecule is OC[C@@H]1O[C@](O)(COC2CNCCO2)[C@@H](O)[C@@H]1O. The fraction of sp³-hybridized carbons (Fsp3) is 1.00. The van der Waals surface area contributed by atoms with Gasteiger partial charge in [-0.3, -0.25) is 0 Å². The molecule has 2 fully saturated rings. The minimum absolute atomic E-state index is 0.353. The van der Waals surface area contributed by atoms with E-state index in [-0.39, 0.29) is 6.61 Å². The van der Waals surface area contributed by atoms with Gasteiger partial charge in [0.2, 0.25) is 5.79 Å². The number of hydrogen-bond donors (Lipinski definition) is 5. The molecule has 106 valence electrons. The maximum atomic E-state index is 10.0. The van der Waals surface area contributed by atoms with Crippen LogP contribution >= 0.6 is 0 Å². The number of morpholine rings is 1. The summed E-state index contributed by atoms with van der Waals surface area (Å²) in [5, 5.41) is 41.2. The van der Waals surface area contributed by atoms with Gasteiger partial charge in [-0.2, -0.15) is 0 Å². The molecule has 5 N–H and O–H groups in total. The highest BCUT2D eigenvalue weighted by molar-refractivity contribution is 4.95. The van der Waals surface area contributed by atoms with Crippen molar-refractivity contribution in [3.05, 3.63) is 0 Å². The molecular formula is C10H19NO7. The molecule has 0 bridgehead atoms. The summed E-state index contributed by atoms with van der Waals surface area (Å²) in [7, 11) is 0. The number of nitrogens with one attached hydrogen (secondary N) is 1. The molecule has 5 atom stereocenters. The quantitative estimate of drug-likeness (QED) is 0.359. The topological polar surface area (TPSA) is 121 Å². The molecule has 1 unspecified atom stereocenters. The van der Waals surface area contributed by atoms with Gasteiger partial charge >= 0.3 is 0 Å². The molecule has 0 aromatic rings. The third-order valence-electron chi connectivity index (χ3n) is 3.07. The van der Waals surface area contributed by atoms with Crippen LogP contribution in [0.5, 0.6) is 0 Å². The van der Waals surface area contributed by atoms with Crippen LogP contribution < -0.4 is 5.32 Å². The van der Waals surface area contributed by atoms with E-state index in [4.69, 9.17) is 19.3 Å². The van der Waals surface area contributed by atoms with Gasteiger partial charge in [0, 0.05) is 13.1 Å². The third-order valence-corrected chi connectivity index (χ3v) is 3.07. The summed E-state index contributed by atoms with van der Waals surface area (Å²) in [4.78, 5) is 0. The molecule has 0 spiro atoms. The van der Waals surface area contributed by atoms with Gasteiger partial charge in [-0.05, 0) is 0 Å². The summed E-state index contributed by atoms with van der Waals surface area (Å²) in [5.74, 6) is -2.03. The molecule has 0 aromatic carbocycles. The van der Waals surface area contributed by atoms with E-state index in [2.05, 4.69) is 5.32 Å². The third kappa shape index (κ3) is 2.81. The van der Waals surface area contributed by atoms with E-state index in [0.717, 1.165) is 6.54 Å². The summed E-state index contributed by atoms with van der Waals surface area (Å²) in [6.45, 7) is 0.844. The van der Waals surface area contributed by atoms with Crippen molar-refractivity contribution in [3.8, 4) is 0 Å². The second kappa shape index (κ2) is 5.76. The van der Waals surface area contributed by atoms with Gasteiger partial charge in [-0.1, -0.05) is 0 Å². The van der Waals surface area contributed by atoms with Crippen molar-refractivity contribution >= 4 is 0 Å². The van der Waals surface area contributed by atoms with E-state index >= 15 is 0 Å². The summed E-state index contributed by atoms with van der Waals surface area (Å²) in [5.41, 5.74) is 0. The molecule has 0 aliphatic carbocycles. The molecule has 2 rings (SSSR count). The fourth-order valence-electron chi connectivity index (χ4n) is 2.00. The summed E-state index contributed by atoms with van der Waals surface area (Å²) in [6.07, 6.45) is -4.46. The lowest BCUT2D eigenvalue weighted by Gasteiger charge is -2.30. The minimum atomic E-state index is -2.03. The molecule has 2 heterocycles. The first-order chi connectivity index (χ1) is 8.57. The van der Waals surface area contributed by atoms with Crippen LogP contribution in [-0.4, -0.2) is 83.7 Å². The number of ether oxygens (including phenoxy) is 3. The first-order valence-corrected chi connectivity index (χ1v) is 5.88. The molecule has 0 aromatic heterocycles. The molecule has 0 radical (unpaired) electrons. The molecule has 8 heteroatoms. The monoisotopic (exact) mass is 265 g/mol. The standard InChI is InChI=1S/C10H19NO7/c12-4-6-8(13)9(14)10(15,18-6)5-17-7-3-11-1-2-16-7/h6-9,11-15H,1-5H2/t6-,7?,8+,9-,10+/m0/s1. The molecule has 2 saturated heterocycles. The van der Waals surface area contributed by atoms with Gasteiger partial charge < -0.3 is 40.0 Å². The summed E-state index contributed by atoms with van der Waals surface area (Å²) in [6, 6.07) is 0. The van der Waals surface area contributed by atoms with E-state index < -0.39 is 37.0 Å².